The lowest BCUT2D eigenvalue weighted by atomic mass is 10.0. The first kappa shape index (κ1) is 24.2. The number of urea groups is 1. The number of likely N-dealkylation sites (N-methyl/N-ethyl adjacent to an activating group) is 1. The van der Waals surface area contributed by atoms with Crippen LogP contribution < -0.4 is 0 Å². The van der Waals surface area contributed by atoms with Crippen LogP contribution in [0.5, 0.6) is 0 Å². The summed E-state index contributed by atoms with van der Waals surface area (Å²) in [6.45, 7) is -0.302. The van der Waals surface area contributed by atoms with Crippen molar-refractivity contribution in [2.45, 2.75) is 25.1 Å². The molecule has 1 fully saturated rings. The Hall–Kier alpha value is -3.46. The minimum absolute atomic E-state index is 0.0296. The van der Waals surface area contributed by atoms with E-state index in [4.69, 9.17) is 10.2 Å². The SMILES string of the molecule is CN1C(=O)N(CCC(O)O)C(=O)/C1=C/n1cnc(-c2cc(C(F)(F)F)cc(C(F)(F)F)c2)n1. The third kappa shape index (κ3) is 5.14. The molecular weight excluding hydrogens is 464 g/mol. The van der Waals surface area contributed by atoms with Gasteiger partial charge in [0.2, 0.25) is 0 Å². The lowest BCUT2D eigenvalue weighted by Crippen LogP contribution is -2.34. The van der Waals surface area contributed by atoms with E-state index in [9.17, 15) is 35.9 Å². The number of hydrogen-bond acceptors (Lipinski definition) is 6. The molecule has 3 amide bonds. The summed E-state index contributed by atoms with van der Waals surface area (Å²) in [5.74, 6) is -1.30. The third-order valence-corrected chi connectivity index (χ3v) is 4.56. The molecule has 1 aromatic heterocycles. The van der Waals surface area contributed by atoms with E-state index >= 15 is 0 Å². The van der Waals surface area contributed by atoms with E-state index in [2.05, 4.69) is 10.1 Å². The number of rotatable bonds is 5. The van der Waals surface area contributed by atoms with Gasteiger partial charge in [-0.3, -0.25) is 14.6 Å². The first-order chi connectivity index (χ1) is 15.2. The van der Waals surface area contributed by atoms with Crippen LogP contribution in [0.15, 0.2) is 30.2 Å². The van der Waals surface area contributed by atoms with Crippen molar-refractivity contribution < 1.29 is 46.1 Å². The van der Waals surface area contributed by atoms with Crippen LogP contribution in [0.1, 0.15) is 17.5 Å². The lowest BCUT2D eigenvalue weighted by Gasteiger charge is -2.13. The van der Waals surface area contributed by atoms with Gasteiger partial charge in [-0.1, -0.05) is 0 Å². The molecule has 0 atom stereocenters. The van der Waals surface area contributed by atoms with Crippen LogP contribution in [0, 0.1) is 0 Å². The van der Waals surface area contributed by atoms with E-state index in [1.807, 2.05) is 0 Å². The van der Waals surface area contributed by atoms with Crippen molar-refractivity contribution in [2.75, 3.05) is 13.6 Å². The summed E-state index contributed by atoms with van der Waals surface area (Å²) in [7, 11) is 1.24. The van der Waals surface area contributed by atoms with E-state index in [-0.39, 0.29) is 24.7 Å². The van der Waals surface area contributed by atoms with E-state index in [0.717, 1.165) is 27.0 Å². The topological polar surface area (TPSA) is 112 Å². The van der Waals surface area contributed by atoms with Gasteiger partial charge in [0.1, 0.15) is 12.0 Å². The number of aliphatic hydroxyl groups excluding tert-OH is 1. The molecule has 0 radical (unpaired) electrons. The summed E-state index contributed by atoms with van der Waals surface area (Å²) in [5, 5.41) is 21.6. The quantitative estimate of drug-likeness (QED) is 0.295. The number of amides is 3. The number of imide groups is 1. The van der Waals surface area contributed by atoms with Crippen LogP contribution in [0.2, 0.25) is 0 Å². The molecule has 0 unspecified atom stereocenters. The van der Waals surface area contributed by atoms with Crippen molar-refractivity contribution >= 4 is 18.1 Å². The molecule has 2 heterocycles. The minimum Gasteiger partial charge on any atom is -0.368 e. The van der Waals surface area contributed by atoms with Gasteiger partial charge in [-0.2, -0.15) is 26.3 Å². The van der Waals surface area contributed by atoms with Crippen LogP contribution in [0.4, 0.5) is 31.1 Å². The number of carbonyl (C=O) groups excluding carboxylic acids is 2. The average molecular weight is 479 g/mol. The Morgan fingerprint density at radius 3 is 2.12 bits per heavy atom. The molecule has 33 heavy (non-hydrogen) atoms. The second-order valence-electron chi connectivity index (χ2n) is 6.92. The molecule has 0 spiro atoms. The Labute approximate surface area is 181 Å². The molecule has 2 N–H and O–H groups in total. The monoisotopic (exact) mass is 479 g/mol. The van der Waals surface area contributed by atoms with Gasteiger partial charge in [0, 0.05) is 25.6 Å². The zero-order valence-corrected chi connectivity index (χ0v) is 16.6. The number of nitrogens with zero attached hydrogens (tertiary/aromatic N) is 5. The molecule has 2 aromatic rings. The van der Waals surface area contributed by atoms with Crippen LogP contribution in [0.3, 0.4) is 0 Å². The summed E-state index contributed by atoms with van der Waals surface area (Å²) in [6.07, 6.45) is -10.2. The van der Waals surface area contributed by atoms with Gasteiger partial charge in [-0.25, -0.2) is 14.5 Å². The highest BCUT2D eigenvalue weighted by atomic mass is 19.4. The van der Waals surface area contributed by atoms with Gasteiger partial charge in [0.25, 0.3) is 5.91 Å². The van der Waals surface area contributed by atoms with Gasteiger partial charge in [-0.15, -0.1) is 5.10 Å². The van der Waals surface area contributed by atoms with Crippen LogP contribution in [-0.2, 0) is 17.1 Å². The molecule has 178 valence electrons. The number of aliphatic hydroxyl groups is 2. The number of alkyl halides is 6. The summed E-state index contributed by atoms with van der Waals surface area (Å²) < 4.78 is 79.2. The Balaban J connectivity index is 1.95. The average Bonchev–Trinajstić information content (AvgIpc) is 3.24. The van der Waals surface area contributed by atoms with E-state index in [1.54, 1.807) is 0 Å². The zero-order chi connectivity index (χ0) is 24.7. The van der Waals surface area contributed by atoms with Crippen molar-refractivity contribution in [3.8, 4) is 11.4 Å². The molecule has 15 heteroatoms. The van der Waals surface area contributed by atoms with Gasteiger partial charge >= 0.3 is 18.4 Å². The zero-order valence-electron chi connectivity index (χ0n) is 16.6. The highest BCUT2D eigenvalue weighted by Gasteiger charge is 2.39. The molecule has 1 aliphatic heterocycles. The standard InChI is InChI=1S/C18H15F6N5O4/c1-27-12(15(32)29(16(27)33)3-2-13(30)31)7-28-8-25-14(26-28)9-4-10(17(19,20)21)6-11(5-9)18(22,23)24/h4-8,13,30-31H,2-3H2,1H3/b12-7-. The van der Waals surface area contributed by atoms with Crippen LogP contribution in [-0.4, -0.2) is 66.6 Å². The summed E-state index contributed by atoms with van der Waals surface area (Å²) in [6, 6.07) is 0.110. The van der Waals surface area contributed by atoms with Gasteiger partial charge in [0.05, 0.1) is 17.3 Å². The first-order valence-electron chi connectivity index (χ1n) is 9.07. The van der Waals surface area contributed by atoms with E-state index in [1.165, 1.54) is 7.05 Å². The summed E-state index contributed by atoms with van der Waals surface area (Å²) in [4.78, 5) is 30.0. The van der Waals surface area contributed by atoms with E-state index in [0.29, 0.717) is 12.1 Å². The second-order valence-corrected chi connectivity index (χ2v) is 6.92. The number of hydrogen-bond donors (Lipinski definition) is 2. The van der Waals surface area contributed by atoms with Crippen molar-refractivity contribution in [1.29, 1.82) is 0 Å². The fourth-order valence-corrected chi connectivity index (χ4v) is 2.91. The molecule has 0 bridgehead atoms. The maximum Gasteiger partial charge on any atom is 0.416 e. The lowest BCUT2D eigenvalue weighted by molar-refractivity contribution is -0.143. The van der Waals surface area contributed by atoms with Gasteiger partial charge < -0.3 is 10.2 Å². The van der Waals surface area contributed by atoms with Gasteiger partial charge in [0.15, 0.2) is 12.1 Å². The largest absolute Gasteiger partial charge is 0.416 e. The maximum atomic E-state index is 13.1. The van der Waals surface area contributed by atoms with Crippen molar-refractivity contribution in [1.82, 2.24) is 24.6 Å². The second kappa shape index (κ2) is 8.47. The van der Waals surface area contributed by atoms with Crippen molar-refractivity contribution in [3.63, 3.8) is 0 Å². The highest BCUT2D eigenvalue weighted by molar-refractivity contribution is 6.13. The van der Waals surface area contributed by atoms with Gasteiger partial charge in [-0.05, 0) is 18.2 Å². The fourth-order valence-electron chi connectivity index (χ4n) is 2.91. The fraction of sp³-hybridized carbons (Fsp3) is 0.333. The minimum atomic E-state index is -5.05. The molecule has 0 saturated carbocycles. The smallest absolute Gasteiger partial charge is 0.368 e. The first-order valence-corrected chi connectivity index (χ1v) is 9.07. The van der Waals surface area contributed by atoms with Crippen molar-refractivity contribution in [3.05, 3.63) is 41.4 Å². The molecule has 1 aliphatic rings. The Kier molecular flexibility index (Phi) is 6.21. The normalized spacial score (nSPS) is 16.6. The number of benzene rings is 1. The molecular formula is C18H15F6N5O4. The Morgan fingerprint density at radius 1 is 1.03 bits per heavy atom. The van der Waals surface area contributed by atoms with Crippen LogP contribution >= 0.6 is 0 Å². The van der Waals surface area contributed by atoms with E-state index < -0.39 is 53.1 Å². The Morgan fingerprint density at radius 2 is 1.61 bits per heavy atom. The van der Waals surface area contributed by atoms with Crippen LogP contribution in [0.25, 0.3) is 17.6 Å². The summed E-state index contributed by atoms with van der Waals surface area (Å²) in [5.41, 5.74) is -3.88. The summed E-state index contributed by atoms with van der Waals surface area (Å²) >= 11 is 0. The Bertz CT molecular complexity index is 1080. The third-order valence-electron chi connectivity index (χ3n) is 4.56. The molecule has 0 aliphatic carbocycles. The number of carbonyl (C=O) groups is 2. The predicted octanol–water partition coefficient (Wildman–Crippen LogP) is 2.38. The molecule has 9 nitrogen and oxygen atoms in total. The molecule has 3 rings (SSSR count). The molecule has 1 saturated heterocycles. The maximum absolute atomic E-state index is 13.1. The number of aromatic nitrogens is 3. The predicted molar refractivity (Wildman–Crippen MR) is 97.4 cm³/mol. The molecule has 1 aromatic carbocycles. The highest BCUT2D eigenvalue weighted by Crippen LogP contribution is 2.38. The number of halogens is 6. The van der Waals surface area contributed by atoms with Crippen molar-refractivity contribution in [2.24, 2.45) is 0 Å².